The molecule has 2 unspecified atom stereocenters. The van der Waals surface area contributed by atoms with E-state index in [4.69, 9.17) is 0 Å². The van der Waals surface area contributed by atoms with Crippen LogP contribution in [0.5, 0.6) is 0 Å². The molecule has 0 spiro atoms. The van der Waals surface area contributed by atoms with E-state index >= 15 is 0 Å². The monoisotopic (exact) mass is 278 g/mol. The third-order valence-electron chi connectivity index (χ3n) is 4.10. The molecule has 1 aromatic carbocycles. The van der Waals surface area contributed by atoms with E-state index in [-0.39, 0.29) is 0 Å². The third kappa shape index (κ3) is 4.23. The number of rotatable bonds is 6. The van der Waals surface area contributed by atoms with Crippen LogP contribution in [0.15, 0.2) is 29.2 Å². The molecule has 1 heterocycles. The number of benzene rings is 1. The molecule has 19 heavy (non-hydrogen) atoms. The molecule has 2 atom stereocenters. The lowest BCUT2D eigenvalue weighted by molar-refractivity contribution is 0.247. The fourth-order valence-corrected chi connectivity index (χ4v) is 3.08. The van der Waals surface area contributed by atoms with E-state index in [0.29, 0.717) is 12.1 Å². The Bertz CT molecular complexity index is 371. The molecule has 3 heteroatoms. The zero-order chi connectivity index (χ0) is 13.7. The normalized spacial score (nSPS) is 19.5. The number of hydrogen-bond acceptors (Lipinski definition) is 3. The maximum atomic E-state index is 3.66. The van der Waals surface area contributed by atoms with Crippen molar-refractivity contribution in [2.45, 2.75) is 43.7 Å². The molecule has 2 nitrogen and oxygen atoms in total. The molecule has 0 bridgehead atoms. The van der Waals surface area contributed by atoms with Crippen molar-refractivity contribution in [3.63, 3.8) is 0 Å². The number of nitrogens with zero attached hydrogens (tertiary/aromatic N) is 1. The summed E-state index contributed by atoms with van der Waals surface area (Å²) in [4.78, 5) is 3.93. The van der Waals surface area contributed by atoms with Gasteiger partial charge in [0, 0.05) is 23.5 Å². The van der Waals surface area contributed by atoms with Gasteiger partial charge in [-0.3, -0.25) is 4.90 Å². The maximum Gasteiger partial charge on any atom is 0.0292 e. The van der Waals surface area contributed by atoms with Gasteiger partial charge < -0.3 is 5.32 Å². The third-order valence-corrected chi connectivity index (χ3v) is 4.84. The van der Waals surface area contributed by atoms with Crippen molar-refractivity contribution < 1.29 is 0 Å². The quantitative estimate of drug-likeness (QED) is 0.801. The maximum absolute atomic E-state index is 3.66. The van der Waals surface area contributed by atoms with E-state index in [1.807, 2.05) is 0 Å². The predicted octanol–water partition coefficient (Wildman–Crippen LogP) is 3.54. The zero-order valence-electron chi connectivity index (χ0n) is 12.4. The second kappa shape index (κ2) is 7.32. The smallest absolute Gasteiger partial charge is 0.0292 e. The molecule has 106 valence electrons. The van der Waals surface area contributed by atoms with E-state index in [1.54, 1.807) is 11.8 Å². The summed E-state index contributed by atoms with van der Waals surface area (Å²) in [5, 5.41) is 3.66. The summed E-state index contributed by atoms with van der Waals surface area (Å²) in [5.41, 5.74) is 1.38. The van der Waals surface area contributed by atoms with Gasteiger partial charge in [-0.1, -0.05) is 12.1 Å². The van der Waals surface area contributed by atoms with Crippen molar-refractivity contribution >= 4 is 11.8 Å². The van der Waals surface area contributed by atoms with Crippen molar-refractivity contribution in [1.29, 1.82) is 0 Å². The molecule has 0 amide bonds. The molecular weight excluding hydrogens is 252 g/mol. The number of nitrogens with one attached hydrogen (secondary N) is 1. The van der Waals surface area contributed by atoms with Gasteiger partial charge in [0.15, 0.2) is 0 Å². The standard InChI is InChI=1S/C16H26N2S/c1-13(18-10-4-5-11-18)12-17-14(2)15-6-8-16(19-3)9-7-15/h6-9,13-14,17H,4-5,10-12H2,1-3H3. The Balaban J connectivity index is 1.80. The van der Waals surface area contributed by atoms with Gasteiger partial charge in [0.1, 0.15) is 0 Å². The molecule has 0 aromatic heterocycles. The first-order chi connectivity index (χ1) is 9.20. The second-order valence-corrected chi connectivity index (χ2v) is 6.37. The average Bonchev–Trinajstić information content (AvgIpc) is 2.98. The lowest BCUT2D eigenvalue weighted by Crippen LogP contribution is -2.39. The molecule has 1 aliphatic rings. The van der Waals surface area contributed by atoms with E-state index in [9.17, 15) is 0 Å². The summed E-state index contributed by atoms with van der Waals surface area (Å²) in [6, 6.07) is 9.98. The van der Waals surface area contributed by atoms with Gasteiger partial charge in [-0.2, -0.15) is 0 Å². The summed E-state index contributed by atoms with van der Waals surface area (Å²) in [6.07, 6.45) is 4.86. The molecule has 0 saturated carbocycles. The summed E-state index contributed by atoms with van der Waals surface area (Å²) in [5.74, 6) is 0. The minimum absolute atomic E-state index is 0.431. The Morgan fingerprint density at radius 1 is 1.16 bits per heavy atom. The number of likely N-dealkylation sites (tertiary alicyclic amines) is 1. The van der Waals surface area contributed by atoms with Gasteiger partial charge in [-0.05, 0) is 63.7 Å². The predicted molar refractivity (Wildman–Crippen MR) is 84.9 cm³/mol. The Morgan fingerprint density at radius 3 is 2.37 bits per heavy atom. The molecule has 1 N–H and O–H groups in total. The average molecular weight is 278 g/mol. The Morgan fingerprint density at radius 2 is 1.79 bits per heavy atom. The Hall–Kier alpha value is -0.510. The van der Waals surface area contributed by atoms with Crippen LogP contribution >= 0.6 is 11.8 Å². The molecular formula is C16H26N2S. The Kier molecular flexibility index (Phi) is 5.74. The fraction of sp³-hybridized carbons (Fsp3) is 0.625. The van der Waals surface area contributed by atoms with Gasteiger partial charge >= 0.3 is 0 Å². The van der Waals surface area contributed by atoms with Gasteiger partial charge in [0.05, 0.1) is 0 Å². The first-order valence-corrected chi connectivity index (χ1v) is 8.54. The SMILES string of the molecule is CSc1ccc(C(C)NCC(C)N2CCCC2)cc1. The Labute approximate surface area is 122 Å². The van der Waals surface area contributed by atoms with Crippen molar-refractivity contribution in [3.8, 4) is 0 Å². The molecule has 1 fully saturated rings. The van der Waals surface area contributed by atoms with Crippen LogP contribution in [0, 0.1) is 0 Å². The summed E-state index contributed by atoms with van der Waals surface area (Å²) < 4.78 is 0. The summed E-state index contributed by atoms with van der Waals surface area (Å²) >= 11 is 1.80. The highest BCUT2D eigenvalue weighted by Crippen LogP contribution is 2.19. The van der Waals surface area contributed by atoms with Gasteiger partial charge in [-0.25, -0.2) is 0 Å². The highest BCUT2D eigenvalue weighted by molar-refractivity contribution is 7.98. The largest absolute Gasteiger partial charge is 0.309 e. The molecule has 2 rings (SSSR count). The molecule has 1 aromatic rings. The molecule has 1 saturated heterocycles. The van der Waals surface area contributed by atoms with Crippen LogP contribution in [0.1, 0.15) is 38.3 Å². The number of thioether (sulfide) groups is 1. The van der Waals surface area contributed by atoms with Crippen LogP contribution < -0.4 is 5.32 Å². The van der Waals surface area contributed by atoms with E-state index in [1.165, 1.54) is 36.4 Å². The molecule has 0 radical (unpaired) electrons. The highest BCUT2D eigenvalue weighted by atomic mass is 32.2. The molecule has 1 aliphatic heterocycles. The van der Waals surface area contributed by atoms with Crippen LogP contribution in [0.4, 0.5) is 0 Å². The lowest BCUT2D eigenvalue weighted by Gasteiger charge is -2.26. The first kappa shape index (κ1) is 14.9. The van der Waals surface area contributed by atoms with E-state index in [0.717, 1.165) is 6.54 Å². The van der Waals surface area contributed by atoms with E-state index in [2.05, 4.69) is 54.6 Å². The fourth-order valence-electron chi connectivity index (χ4n) is 2.67. The summed E-state index contributed by atoms with van der Waals surface area (Å²) in [6.45, 7) is 8.22. The van der Waals surface area contributed by atoms with E-state index < -0.39 is 0 Å². The minimum Gasteiger partial charge on any atom is -0.309 e. The number of hydrogen-bond donors (Lipinski definition) is 1. The van der Waals surface area contributed by atoms with Crippen LogP contribution in [-0.4, -0.2) is 36.8 Å². The zero-order valence-corrected chi connectivity index (χ0v) is 13.2. The van der Waals surface area contributed by atoms with Crippen molar-refractivity contribution in [1.82, 2.24) is 10.2 Å². The highest BCUT2D eigenvalue weighted by Gasteiger charge is 2.18. The lowest BCUT2D eigenvalue weighted by atomic mass is 10.1. The van der Waals surface area contributed by atoms with Crippen LogP contribution in [-0.2, 0) is 0 Å². The van der Waals surface area contributed by atoms with Gasteiger partial charge in [0.25, 0.3) is 0 Å². The van der Waals surface area contributed by atoms with Gasteiger partial charge in [0.2, 0.25) is 0 Å². The summed E-state index contributed by atoms with van der Waals surface area (Å²) in [7, 11) is 0. The molecule has 0 aliphatic carbocycles. The van der Waals surface area contributed by atoms with Crippen molar-refractivity contribution in [2.24, 2.45) is 0 Å². The van der Waals surface area contributed by atoms with Crippen LogP contribution in [0.2, 0.25) is 0 Å². The first-order valence-electron chi connectivity index (χ1n) is 7.32. The van der Waals surface area contributed by atoms with Gasteiger partial charge in [-0.15, -0.1) is 11.8 Å². The second-order valence-electron chi connectivity index (χ2n) is 5.50. The topological polar surface area (TPSA) is 15.3 Å². The van der Waals surface area contributed by atoms with Crippen LogP contribution in [0.3, 0.4) is 0 Å². The minimum atomic E-state index is 0.431. The van der Waals surface area contributed by atoms with Crippen LogP contribution in [0.25, 0.3) is 0 Å². The van der Waals surface area contributed by atoms with Crippen molar-refractivity contribution in [3.05, 3.63) is 29.8 Å². The van der Waals surface area contributed by atoms with Crippen molar-refractivity contribution in [2.75, 3.05) is 25.9 Å².